The lowest BCUT2D eigenvalue weighted by atomic mass is 10.3. The first-order chi connectivity index (χ1) is 12.9. The van der Waals surface area contributed by atoms with Gasteiger partial charge in [0.1, 0.15) is 0 Å². The Hall–Kier alpha value is -1.64. The third-order valence-corrected chi connectivity index (χ3v) is 8.06. The topological polar surface area (TPSA) is 20.3 Å². The fraction of sp³-hybridized carbons (Fsp3) is 0.0526. The Bertz CT molecular complexity index is 885. The summed E-state index contributed by atoms with van der Waals surface area (Å²) in [6.45, 7) is 0. The Balaban J connectivity index is 2.16. The lowest BCUT2D eigenvalue weighted by Gasteiger charge is -2.28. The lowest BCUT2D eigenvalue weighted by molar-refractivity contribution is -0.0383. The minimum absolute atomic E-state index is 0.275. The molecule has 0 aliphatic heterocycles. The Morgan fingerprint density at radius 1 is 0.778 bits per heavy atom. The van der Waals surface area contributed by atoms with Gasteiger partial charge in [0.15, 0.2) is 0 Å². The maximum atomic E-state index is 13.0. The molecule has 3 aromatic carbocycles. The quantitative estimate of drug-likeness (QED) is 0.458. The summed E-state index contributed by atoms with van der Waals surface area (Å²) in [5, 5.41) is 2.71. The molecule has 0 aliphatic carbocycles. The van der Waals surface area contributed by atoms with E-state index in [0.717, 1.165) is 13.9 Å². The monoisotopic (exact) mass is 419 g/mol. The molecule has 0 aromatic heterocycles. The van der Waals surface area contributed by atoms with E-state index in [1.54, 1.807) is 24.3 Å². The standard InChI is InChI=1S/C19H14F3NOPS.Al/c20-19(21,22)26(24)23-17-13-7-8-14-18(17)25(15-9-3-1-4-10-15)16-11-5-2-6-12-16;/h1-14H;/q-1;+1. The molecule has 0 N–H and O–H groups in total. The van der Waals surface area contributed by atoms with Crippen molar-refractivity contribution in [2.24, 2.45) is 0 Å². The molecule has 0 amide bonds. The maximum Gasteiger partial charge on any atom is 0.488 e. The van der Waals surface area contributed by atoms with Gasteiger partial charge < -0.3 is 3.29 Å². The summed E-state index contributed by atoms with van der Waals surface area (Å²) in [5.74, 6) is 0. The second-order valence-electron chi connectivity index (χ2n) is 5.52. The van der Waals surface area contributed by atoms with Crippen LogP contribution in [-0.4, -0.2) is 26.2 Å². The highest BCUT2D eigenvalue weighted by atomic mass is 32.2. The molecule has 0 saturated heterocycles. The molecule has 3 aromatic rings. The molecule has 0 saturated carbocycles. The molecule has 1 atom stereocenters. The van der Waals surface area contributed by atoms with Crippen LogP contribution in [0.1, 0.15) is 0 Å². The number of halogens is 3. The molecule has 3 rings (SSSR count). The van der Waals surface area contributed by atoms with Gasteiger partial charge in [-0.2, -0.15) is 13.2 Å². The van der Waals surface area contributed by atoms with E-state index in [9.17, 15) is 17.4 Å². The van der Waals surface area contributed by atoms with E-state index in [4.69, 9.17) is 0 Å². The van der Waals surface area contributed by atoms with Crippen molar-refractivity contribution < 1.29 is 17.4 Å². The zero-order valence-corrected chi connectivity index (χ0v) is 16.9. The van der Waals surface area contributed by atoms with Crippen LogP contribution >= 0.6 is 7.92 Å². The molecule has 0 bridgehead atoms. The van der Waals surface area contributed by atoms with E-state index >= 15 is 0 Å². The van der Waals surface area contributed by atoms with Crippen LogP contribution in [0.3, 0.4) is 0 Å². The van der Waals surface area contributed by atoms with E-state index in [1.807, 2.05) is 77.2 Å². The van der Waals surface area contributed by atoms with Crippen LogP contribution < -0.4 is 19.2 Å². The van der Waals surface area contributed by atoms with Gasteiger partial charge in [0, 0.05) is 11.0 Å². The first-order valence-corrected chi connectivity index (χ1v) is 10.9. The van der Waals surface area contributed by atoms with Crippen LogP contribution in [0.5, 0.6) is 0 Å². The van der Waals surface area contributed by atoms with Crippen molar-refractivity contribution in [2.75, 3.05) is 3.29 Å². The van der Waals surface area contributed by atoms with Gasteiger partial charge in [-0.05, 0) is 24.6 Å². The first kappa shape index (κ1) is 20.1. The van der Waals surface area contributed by atoms with Crippen molar-refractivity contribution in [2.45, 2.75) is 5.51 Å². The largest absolute Gasteiger partial charge is 0.488 e. The number of alkyl halides is 3. The molecule has 2 radical (unpaired) electrons. The lowest BCUT2D eigenvalue weighted by Crippen LogP contribution is -2.36. The van der Waals surface area contributed by atoms with E-state index in [1.165, 1.54) is 0 Å². The smallest absolute Gasteiger partial charge is 0.399 e. The summed E-state index contributed by atoms with van der Waals surface area (Å²) in [7, 11) is -4.28. The fourth-order valence-corrected chi connectivity index (χ4v) is 6.38. The van der Waals surface area contributed by atoms with Crippen LogP contribution in [0.15, 0.2) is 84.9 Å². The molecule has 8 heteroatoms. The van der Waals surface area contributed by atoms with Crippen molar-refractivity contribution in [1.82, 2.24) is 0 Å². The molecule has 0 fully saturated rings. The van der Waals surface area contributed by atoms with Gasteiger partial charge in [0.2, 0.25) is 11.0 Å². The van der Waals surface area contributed by atoms with Gasteiger partial charge in [0.05, 0.1) is 0 Å². The molecule has 2 nitrogen and oxygen atoms in total. The predicted octanol–water partition coefficient (Wildman–Crippen LogP) is 3.52. The summed E-state index contributed by atoms with van der Waals surface area (Å²) in [6, 6.07) is 26.1. The van der Waals surface area contributed by atoms with Gasteiger partial charge in [0.25, 0.3) is 0 Å². The third-order valence-electron chi connectivity index (χ3n) is 3.77. The predicted molar refractivity (Wildman–Crippen MR) is 108 cm³/mol. The summed E-state index contributed by atoms with van der Waals surface area (Å²) >= 11 is 1.95. The second-order valence-corrected chi connectivity index (χ2v) is 9.95. The van der Waals surface area contributed by atoms with Gasteiger partial charge in [-0.15, -0.1) is 0 Å². The minimum Gasteiger partial charge on any atom is -0.399 e. The zero-order valence-electron chi connectivity index (χ0n) is 14.0. The molecule has 0 aliphatic rings. The second kappa shape index (κ2) is 8.58. The average Bonchev–Trinajstić information content (AvgIpc) is 2.68. The van der Waals surface area contributed by atoms with Crippen LogP contribution in [0.2, 0.25) is 0 Å². The van der Waals surface area contributed by atoms with Gasteiger partial charge >= 0.3 is 22.0 Å². The molecule has 1 unspecified atom stereocenters. The van der Waals surface area contributed by atoms with E-state index in [-0.39, 0.29) is 5.69 Å². The van der Waals surface area contributed by atoms with Crippen molar-refractivity contribution >= 4 is 57.0 Å². The highest BCUT2D eigenvalue weighted by Crippen LogP contribution is 2.37. The third kappa shape index (κ3) is 4.62. The number of para-hydroxylation sites is 1. The van der Waals surface area contributed by atoms with Gasteiger partial charge in [-0.25, -0.2) is 4.21 Å². The van der Waals surface area contributed by atoms with Crippen LogP contribution in [0.25, 0.3) is 0 Å². The number of hydrogen-bond donors (Lipinski definition) is 0. The van der Waals surface area contributed by atoms with Crippen molar-refractivity contribution in [3.05, 3.63) is 84.9 Å². The highest BCUT2D eigenvalue weighted by Gasteiger charge is 2.40. The van der Waals surface area contributed by atoms with Crippen molar-refractivity contribution in [3.8, 4) is 0 Å². The summed E-state index contributed by atoms with van der Waals surface area (Å²) in [4.78, 5) is 0. The van der Waals surface area contributed by atoms with Crippen molar-refractivity contribution in [1.29, 1.82) is 0 Å². The molecular weight excluding hydrogens is 405 g/mol. The maximum absolute atomic E-state index is 13.0. The van der Waals surface area contributed by atoms with Crippen LogP contribution in [0.4, 0.5) is 18.9 Å². The Morgan fingerprint density at radius 3 is 1.70 bits per heavy atom. The van der Waals surface area contributed by atoms with Gasteiger partial charge in [-0.1, -0.05) is 78.9 Å². The van der Waals surface area contributed by atoms with Gasteiger partial charge in [-0.3, -0.25) is 0 Å². The SMILES string of the molecule is O=S([N]([Al])c1ccccc1P(c1ccccc1)c1ccccc1)C(F)(F)F. The molecule has 136 valence electrons. The summed E-state index contributed by atoms with van der Waals surface area (Å²) < 4.78 is 51.7. The van der Waals surface area contributed by atoms with Crippen LogP contribution in [-0.2, 0) is 11.0 Å². The Labute approximate surface area is 168 Å². The first-order valence-electron chi connectivity index (χ1n) is 7.92. The number of hydrogen-bond acceptors (Lipinski definition) is 1. The number of benzene rings is 3. The fourth-order valence-electron chi connectivity index (χ4n) is 2.62. The number of nitrogens with zero attached hydrogens (tertiary/aromatic N) is 1. The Kier molecular flexibility index (Phi) is 6.39. The zero-order chi connectivity index (χ0) is 19.4. The van der Waals surface area contributed by atoms with Crippen molar-refractivity contribution in [3.63, 3.8) is 0 Å². The normalized spacial score (nSPS) is 12.7. The summed E-state index contributed by atoms with van der Waals surface area (Å²) in [5.41, 5.74) is -4.56. The number of anilines is 1. The molecule has 27 heavy (non-hydrogen) atoms. The number of rotatable bonds is 5. The molecule has 0 spiro atoms. The minimum atomic E-state index is -4.84. The van der Waals surface area contributed by atoms with E-state index in [2.05, 4.69) is 0 Å². The van der Waals surface area contributed by atoms with E-state index in [0.29, 0.717) is 5.30 Å². The Morgan fingerprint density at radius 2 is 1.22 bits per heavy atom. The van der Waals surface area contributed by atoms with Crippen LogP contribution in [0, 0.1) is 0 Å². The molecule has 0 heterocycles. The average molecular weight is 419 g/mol. The molecular formula is C19H14AlF3NOPS. The van der Waals surface area contributed by atoms with E-state index < -0.39 is 24.4 Å². The summed E-state index contributed by atoms with van der Waals surface area (Å²) in [6.07, 6.45) is 0. The highest BCUT2D eigenvalue weighted by molar-refractivity contribution is 7.88.